The van der Waals surface area contributed by atoms with Crippen molar-refractivity contribution in [1.29, 1.82) is 0 Å². The highest BCUT2D eigenvalue weighted by Gasteiger charge is 2.41. The number of nitrogens with one attached hydrogen (secondary N) is 1. The molecule has 1 aliphatic heterocycles. The fourth-order valence-electron chi connectivity index (χ4n) is 1.90. The van der Waals surface area contributed by atoms with Gasteiger partial charge in [0.2, 0.25) is 0 Å². The first-order chi connectivity index (χ1) is 7.94. The van der Waals surface area contributed by atoms with Gasteiger partial charge in [-0.05, 0) is 19.1 Å². The molecule has 0 radical (unpaired) electrons. The highest BCUT2D eigenvalue weighted by atomic mass is 35.5. The second-order valence-electron chi connectivity index (χ2n) is 3.98. The van der Waals surface area contributed by atoms with Gasteiger partial charge in [-0.15, -0.1) is 11.8 Å². The summed E-state index contributed by atoms with van der Waals surface area (Å²) in [5.74, 6) is -0.364. The minimum atomic E-state index is -0.857. The van der Waals surface area contributed by atoms with Crippen molar-refractivity contribution in [2.75, 3.05) is 5.75 Å². The average molecular weight is 292 g/mol. The average Bonchev–Trinajstić information content (AvgIpc) is 2.61. The Labute approximate surface area is 113 Å². The normalized spacial score (nSPS) is 28.3. The Kier molecular flexibility index (Phi) is 3.59. The maximum absolute atomic E-state index is 10.9. The van der Waals surface area contributed by atoms with E-state index in [-0.39, 0.29) is 0 Å². The highest BCUT2D eigenvalue weighted by Crippen LogP contribution is 2.45. The van der Waals surface area contributed by atoms with E-state index in [0.717, 1.165) is 5.56 Å². The van der Waals surface area contributed by atoms with Crippen molar-refractivity contribution in [3.63, 3.8) is 0 Å². The van der Waals surface area contributed by atoms with E-state index >= 15 is 0 Å². The zero-order valence-corrected chi connectivity index (χ0v) is 11.4. The molecule has 3 nitrogen and oxygen atoms in total. The fourth-order valence-corrected chi connectivity index (χ4v) is 4.10. The van der Waals surface area contributed by atoms with Crippen molar-refractivity contribution in [2.24, 2.45) is 0 Å². The summed E-state index contributed by atoms with van der Waals surface area (Å²) in [5, 5.41) is 13.1. The number of carboxylic acids is 1. The number of hydrogen-bond acceptors (Lipinski definition) is 3. The van der Waals surface area contributed by atoms with Gasteiger partial charge >= 0.3 is 5.97 Å². The number of thioether (sulfide) groups is 1. The third-order valence-electron chi connectivity index (χ3n) is 2.73. The molecule has 1 aliphatic rings. The number of carbonyl (C=O) groups is 1. The van der Waals surface area contributed by atoms with Crippen LogP contribution in [0, 0.1) is 0 Å². The van der Waals surface area contributed by atoms with Crippen molar-refractivity contribution in [2.45, 2.75) is 17.8 Å². The molecule has 0 amide bonds. The molecule has 1 aromatic rings. The third kappa shape index (κ3) is 2.40. The lowest BCUT2D eigenvalue weighted by molar-refractivity contribution is -0.138. The van der Waals surface area contributed by atoms with Gasteiger partial charge < -0.3 is 5.11 Å². The van der Waals surface area contributed by atoms with E-state index in [2.05, 4.69) is 5.32 Å². The lowest BCUT2D eigenvalue weighted by Gasteiger charge is -2.26. The smallest absolute Gasteiger partial charge is 0.321 e. The predicted octanol–water partition coefficient (Wildman–Crippen LogP) is 2.96. The molecule has 2 rings (SSSR count). The summed E-state index contributed by atoms with van der Waals surface area (Å²) < 4.78 is 0. The number of halogens is 2. The molecule has 2 unspecified atom stereocenters. The molecule has 2 N–H and O–H groups in total. The summed E-state index contributed by atoms with van der Waals surface area (Å²) in [5.41, 5.74) is 0.747. The Balaban J connectivity index is 2.37. The standard InChI is InChI=1S/C11H11Cl2NO2S/c1-11(14-8(5-17-11)10(15)16)9-6(12)3-2-4-7(9)13/h2-4,8,14H,5H2,1H3,(H,15,16). The monoisotopic (exact) mass is 291 g/mol. The van der Waals surface area contributed by atoms with Crippen LogP contribution in [0.25, 0.3) is 0 Å². The van der Waals surface area contributed by atoms with Gasteiger partial charge in [-0.1, -0.05) is 29.3 Å². The Hall–Kier alpha value is -0.420. The van der Waals surface area contributed by atoms with E-state index in [1.807, 2.05) is 6.92 Å². The van der Waals surface area contributed by atoms with E-state index in [1.54, 1.807) is 18.2 Å². The molecule has 92 valence electrons. The zero-order chi connectivity index (χ0) is 12.6. The van der Waals surface area contributed by atoms with Crippen molar-refractivity contribution >= 4 is 40.9 Å². The van der Waals surface area contributed by atoms with Crippen molar-refractivity contribution in [1.82, 2.24) is 5.32 Å². The number of hydrogen-bond donors (Lipinski definition) is 2. The maximum Gasteiger partial charge on any atom is 0.321 e. The second kappa shape index (κ2) is 4.69. The van der Waals surface area contributed by atoms with Crippen LogP contribution in [0.15, 0.2) is 18.2 Å². The molecule has 1 heterocycles. The van der Waals surface area contributed by atoms with Gasteiger partial charge in [0.1, 0.15) is 6.04 Å². The Morgan fingerprint density at radius 2 is 2.12 bits per heavy atom. The molecule has 6 heteroatoms. The van der Waals surface area contributed by atoms with Crippen molar-refractivity contribution in [3.05, 3.63) is 33.8 Å². The summed E-state index contributed by atoms with van der Waals surface area (Å²) in [6.45, 7) is 1.90. The first kappa shape index (κ1) is 13.0. The van der Waals surface area contributed by atoms with Crippen molar-refractivity contribution in [3.8, 4) is 0 Å². The number of carboxylic acid groups (broad SMARTS) is 1. The van der Waals surface area contributed by atoms with Gasteiger partial charge in [0, 0.05) is 21.4 Å². The summed E-state index contributed by atoms with van der Waals surface area (Å²) in [6, 6.07) is 4.71. The Morgan fingerprint density at radius 3 is 2.59 bits per heavy atom. The minimum Gasteiger partial charge on any atom is -0.480 e. The third-order valence-corrected chi connectivity index (χ3v) is 4.76. The zero-order valence-electron chi connectivity index (χ0n) is 9.04. The number of rotatable bonds is 2. The van der Waals surface area contributed by atoms with Gasteiger partial charge in [0.05, 0.1) is 4.87 Å². The van der Waals surface area contributed by atoms with Crippen LogP contribution in [0.2, 0.25) is 10.0 Å². The Bertz CT molecular complexity index is 449. The molecule has 0 spiro atoms. The van der Waals surface area contributed by atoms with Gasteiger partial charge in [-0.2, -0.15) is 0 Å². The van der Waals surface area contributed by atoms with Crippen LogP contribution in [0.1, 0.15) is 12.5 Å². The quantitative estimate of drug-likeness (QED) is 0.880. The minimum absolute atomic E-state index is 0.493. The van der Waals surface area contributed by atoms with E-state index in [4.69, 9.17) is 28.3 Å². The van der Waals surface area contributed by atoms with E-state index in [9.17, 15) is 4.79 Å². The van der Waals surface area contributed by atoms with E-state index in [1.165, 1.54) is 11.8 Å². The molecule has 0 aliphatic carbocycles. The molecule has 17 heavy (non-hydrogen) atoms. The summed E-state index contributed by atoms with van der Waals surface area (Å²) >= 11 is 13.8. The predicted molar refractivity (Wildman–Crippen MR) is 70.8 cm³/mol. The maximum atomic E-state index is 10.9. The van der Waals surface area contributed by atoms with Crippen LogP contribution in [0.5, 0.6) is 0 Å². The van der Waals surface area contributed by atoms with Crippen LogP contribution in [-0.4, -0.2) is 22.9 Å². The van der Waals surface area contributed by atoms with Crippen LogP contribution >= 0.6 is 35.0 Å². The molecule has 1 saturated heterocycles. The van der Waals surface area contributed by atoms with Crippen molar-refractivity contribution < 1.29 is 9.90 Å². The number of aliphatic carboxylic acids is 1. The fraction of sp³-hybridized carbons (Fsp3) is 0.364. The topological polar surface area (TPSA) is 49.3 Å². The summed E-state index contributed by atoms with van der Waals surface area (Å²) in [7, 11) is 0. The first-order valence-electron chi connectivity index (χ1n) is 5.03. The highest BCUT2D eigenvalue weighted by molar-refractivity contribution is 8.00. The van der Waals surface area contributed by atoms with E-state index < -0.39 is 16.9 Å². The molecule has 1 fully saturated rings. The lowest BCUT2D eigenvalue weighted by atomic mass is 10.1. The summed E-state index contributed by atoms with van der Waals surface area (Å²) in [6.07, 6.45) is 0. The first-order valence-corrected chi connectivity index (χ1v) is 6.77. The molecular weight excluding hydrogens is 281 g/mol. The molecule has 0 bridgehead atoms. The molecule has 1 aromatic carbocycles. The van der Waals surface area contributed by atoms with Crippen LogP contribution in [0.3, 0.4) is 0 Å². The lowest BCUT2D eigenvalue weighted by Crippen LogP contribution is -2.41. The second-order valence-corrected chi connectivity index (χ2v) is 6.23. The molecule has 0 aromatic heterocycles. The SMILES string of the molecule is CC1(c2c(Cl)cccc2Cl)NC(C(=O)O)CS1. The summed E-state index contributed by atoms with van der Waals surface area (Å²) in [4.78, 5) is 10.4. The van der Waals surface area contributed by atoms with E-state index in [0.29, 0.717) is 15.8 Å². The Morgan fingerprint density at radius 1 is 1.53 bits per heavy atom. The molecular formula is C11H11Cl2NO2S. The number of benzene rings is 1. The van der Waals surface area contributed by atoms with Gasteiger partial charge in [-0.25, -0.2) is 0 Å². The van der Waals surface area contributed by atoms with Gasteiger partial charge in [0.25, 0.3) is 0 Å². The van der Waals surface area contributed by atoms with Crippen LogP contribution in [0.4, 0.5) is 0 Å². The largest absolute Gasteiger partial charge is 0.480 e. The van der Waals surface area contributed by atoms with Gasteiger partial charge in [-0.3, -0.25) is 10.1 Å². The molecule has 0 saturated carbocycles. The molecule has 2 atom stereocenters. The van der Waals surface area contributed by atoms with Crippen LogP contribution < -0.4 is 5.32 Å². The van der Waals surface area contributed by atoms with Gasteiger partial charge in [0.15, 0.2) is 0 Å². The van der Waals surface area contributed by atoms with Crippen LogP contribution in [-0.2, 0) is 9.67 Å².